The van der Waals surface area contributed by atoms with Crippen molar-refractivity contribution in [2.45, 2.75) is 51.8 Å². The first-order valence-corrected chi connectivity index (χ1v) is 12.7. The van der Waals surface area contributed by atoms with Crippen LogP contribution in [0.25, 0.3) is 0 Å². The Hall–Kier alpha value is -2.61. The SMILES string of the molecule is CC1CN(c2c(Cl)cnc3c2CCN(CC(F)(F)F)C3)CCC1C(=O)N1CCn2c(nnc2C(F)(F)F)C1. The summed E-state index contributed by atoms with van der Waals surface area (Å²) in [5.74, 6) is -1.50. The second kappa shape index (κ2) is 9.85. The lowest BCUT2D eigenvalue weighted by atomic mass is 9.85. The van der Waals surface area contributed by atoms with Gasteiger partial charge in [-0.25, -0.2) is 0 Å². The van der Waals surface area contributed by atoms with Crippen LogP contribution in [-0.4, -0.2) is 74.4 Å². The molecule has 1 fully saturated rings. The average molecular weight is 566 g/mol. The van der Waals surface area contributed by atoms with Crippen molar-refractivity contribution in [3.8, 4) is 0 Å². The molecule has 15 heteroatoms. The fourth-order valence-corrected chi connectivity index (χ4v) is 6.03. The second-order valence-corrected chi connectivity index (χ2v) is 10.5. The van der Waals surface area contributed by atoms with Crippen molar-refractivity contribution in [1.29, 1.82) is 0 Å². The lowest BCUT2D eigenvalue weighted by Crippen LogP contribution is -2.49. The first-order chi connectivity index (χ1) is 17.8. The van der Waals surface area contributed by atoms with E-state index in [1.807, 2.05) is 6.92 Å². The number of carbonyl (C=O) groups is 1. The topological polar surface area (TPSA) is 70.4 Å². The number of halogens is 7. The monoisotopic (exact) mass is 565 g/mol. The van der Waals surface area contributed by atoms with Crippen LogP contribution in [0.15, 0.2) is 6.20 Å². The smallest absolute Gasteiger partial charge is 0.370 e. The normalized spacial score (nSPS) is 22.8. The van der Waals surface area contributed by atoms with Crippen LogP contribution in [0.1, 0.15) is 36.3 Å². The van der Waals surface area contributed by atoms with Crippen LogP contribution in [-0.2, 0) is 37.0 Å². The number of fused-ring (bicyclic) bond motifs is 2. The van der Waals surface area contributed by atoms with E-state index in [4.69, 9.17) is 11.6 Å². The lowest BCUT2D eigenvalue weighted by Gasteiger charge is -2.42. The molecule has 2 atom stereocenters. The van der Waals surface area contributed by atoms with Gasteiger partial charge < -0.3 is 14.4 Å². The van der Waals surface area contributed by atoms with Gasteiger partial charge in [0.25, 0.3) is 0 Å². The summed E-state index contributed by atoms with van der Waals surface area (Å²) in [4.78, 5) is 22.6. The van der Waals surface area contributed by atoms with Gasteiger partial charge >= 0.3 is 12.4 Å². The Morgan fingerprint density at radius 2 is 1.84 bits per heavy atom. The molecular weight excluding hydrogens is 540 g/mol. The zero-order valence-electron chi connectivity index (χ0n) is 20.5. The van der Waals surface area contributed by atoms with Gasteiger partial charge in [-0.3, -0.25) is 14.7 Å². The van der Waals surface area contributed by atoms with E-state index in [2.05, 4.69) is 20.1 Å². The van der Waals surface area contributed by atoms with Gasteiger partial charge in [-0.05, 0) is 18.8 Å². The molecular formula is C23H26ClF6N7O. The van der Waals surface area contributed by atoms with E-state index in [9.17, 15) is 31.1 Å². The molecule has 2 aromatic heterocycles. The number of anilines is 1. The van der Waals surface area contributed by atoms with Crippen LogP contribution in [0.4, 0.5) is 32.0 Å². The molecule has 208 valence electrons. The zero-order chi connectivity index (χ0) is 27.4. The van der Waals surface area contributed by atoms with Crippen molar-refractivity contribution in [1.82, 2.24) is 29.5 Å². The Bertz CT molecular complexity index is 1220. The van der Waals surface area contributed by atoms with Crippen molar-refractivity contribution in [3.63, 3.8) is 0 Å². The number of aromatic nitrogens is 4. The molecule has 2 aromatic rings. The number of pyridine rings is 1. The van der Waals surface area contributed by atoms with E-state index in [0.717, 1.165) is 15.8 Å². The molecule has 0 spiro atoms. The highest BCUT2D eigenvalue weighted by Gasteiger charge is 2.42. The van der Waals surface area contributed by atoms with E-state index in [1.165, 1.54) is 16.0 Å². The zero-order valence-corrected chi connectivity index (χ0v) is 21.2. The predicted molar refractivity (Wildman–Crippen MR) is 124 cm³/mol. The molecule has 0 bridgehead atoms. The summed E-state index contributed by atoms with van der Waals surface area (Å²) in [6.07, 6.45) is -6.54. The summed E-state index contributed by atoms with van der Waals surface area (Å²) in [6, 6.07) is 0. The van der Waals surface area contributed by atoms with Crippen LogP contribution in [0.5, 0.6) is 0 Å². The molecule has 8 nitrogen and oxygen atoms in total. The maximum atomic E-state index is 13.4. The standard InChI is InChI=1S/C23H26ClF6N7O/c1-13-9-35(19-15-2-4-34(12-22(25,26)27)10-17(15)31-8-16(19)24)5-3-14(13)20(38)36-6-7-37-18(11-36)32-33-21(37)23(28,29)30/h8,13-14H,2-7,9-12H2,1H3. The van der Waals surface area contributed by atoms with Gasteiger partial charge in [0.2, 0.25) is 11.7 Å². The van der Waals surface area contributed by atoms with Gasteiger partial charge in [0.1, 0.15) is 0 Å². The number of hydrogen-bond donors (Lipinski definition) is 0. The second-order valence-electron chi connectivity index (χ2n) is 10.1. The molecule has 0 radical (unpaired) electrons. The molecule has 0 saturated carbocycles. The Morgan fingerprint density at radius 1 is 1.08 bits per heavy atom. The van der Waals surface area contributed by atoms with E-state index < -0.39 is 24.7 Å². The fraction of sp³-hybridized carbons (Fsp3) is 0.652. The molecule has 2 unspecified atom stereocenters. The third kappa shape index (κ3) is 5.29. The van der Waals surface area contributed by atoms with Crippen LogP contribution >= 0.6 is 11.6 Å². The number of amides is 1. The Balaban J connectivity index is 1.27. The van der Waals surface area contributed by atoms with Gasteiger partial charge in [0.15, 0.2) is 5.82 Å². The molecule has 0 aromatic carbocycles. The highest BCUT2D eigenvalue weighted by molar-refractivity contribution is 6.33. The number of nitrogens with zero attached hydrogens (tertiary/aromatic N) is 7. The third-order valence-corrected chi connectivity index (χ3v) is 7.78. The largest absolute Gasteiger partial charge is 0.451 e. The highest BCUT2D eigenvalue weighted by Crippen LogP contribution is 2.39. The van der Waals surface area contributed by atoms with Crippen LogP contribution < -0.4 is 4.90 Å². The number of rotatable bonds is 3. The highest BCUT2D eigenvalue weighted by atomic mass is 35.5. The number of piperidine rings is 1. The number of alkyl halides is 6. The summed E-state index contributed by atoms with van der Waals surface area (Å²) in [6.45, 7) is 2.34. The third-order valence-electron chi connectivity index (χ3n) is 7.51. The summed E-state index contributed by atoms with van der Waals surface area (Å²) < 4.78 is 79.0. The molecule has 0 N–H and O–H groups in total. The van der Waals surface area contributed by atoms with Gasteiger partial charge in [0, 0.05) is 56.9 Å². The molecule has 3 aliphatic rings. The minimum Gasteiger partial charge on any atom is -0.370 e. The number of carbonyl (C=O) groups excluding carboxylic acids is 1. The van der Waals surface area contributed by atoms with Gasteiger partial charge in [-0.1, -0.05) is 18.5 Å². The minimum absolute atomic E-state index is 0.0275. The van der Waals surface area contributed by atoms with Crippen molar-refractivity contribution in [2.24, 2.45) is 11.8 Å². The van der Waals surface area contributed by atoms with Crippen LogP contribution in [0, 0.1) is 11.8 Å². The first-order valence-electron chi connectivity index (χ1n) is 12.3. The summed E-state index contributed by atoms with van der Waals surface area (Å²) >= 11 is 6.52. The molecule has 1 saturated heterocycles. The Morgan fingerprint density at radius 3 is 2.53 bits per heavy atom. The van der Waals surface area contributed by atoms with Crippen molar-refractivity contribution >= 4 is 23.2 Å². The van der Waals surface area contributed by atoms with Crippen LogP contribution in [0.3, 0.4) is 0 Å². The van der Waals surface area contributed by atoms with Gasteiger partial charge in [-0.2, -0.15) is 26.3 Å². The van der Waals surface area contributed by atoms with Crippen molar-refractivity contribution in [3.05, 3.63) is 34.1 Å². The molecule has 0 aliphatic carbocycles. The average Bonchev–Trinajstić information content (AvgIpc) is 3.27. The van der Waals surface area contributed by atoms with Gasteiger partial charge in [-0.15, -0.1) is 10.2 Å². The maximum Gasteiger partial charge on any atom is 0.451 e. The van der Waals surface area contributed by atoms with E-state index >= 15 is 0 Å². The summed E-state index contributed by atoms with van der Waals surface area (Å²) in [5, 5.41) is 7.34. The predicted octanol–water partition coefficient (Wildman–Crippen LogP) is 3.77. The first kappa shape index (κ1) is 27.0. The molecule has 38 heavy (non-hydrogen) atoms. The molecule has 5 rings (SSSR count). The summed E-state index contributed by atoms with van der Waals surface area (Å²) in [5.41, 5.74) is 2.16. The summed E-state index contributed by atoms with van der Waals surface area (Å²) in [7, 11) is 0. The molecule has 5 heterocycles. The van der Waals surface area contributed by atoms with Crippen LogP contribution in [0.2, 0.25) is 5.02 Å². The molecule has 1 amide bonds. The molecule has 3 aliphatic heterocycles. The van der Waals surface area contributed by atoms with E-state index in [0.29, 0.717) is 36.6 Å². The maximum absolute atomic E-state index is 13.4. The fourth-order valence-electron chi connectivity index (χ4n) is 5.75. The Kier molecular flexibility index (Phi) is 6.99. The van der Waals surface area contributed by atoms with E-state index in [-0.39, 0.29) is 56.3 Å². The van der Waals surface area contributed by atoms with Crippen molar-refractivity contribution < 1.29 is 31.1 Å². The Labute approximate surface area is 219 Å². The van der Waals surface area contributed by atoms with Crippen molar-refractivity contribution in [2.75, 3.05) is 37.6 Å². The quantitative estimate of drug-likeness (QED) is 0.528. The minimum atomic E-state index is -4.61. The van der Waals surface area contributed by atoms with E-state index in [1.54, 1.807) is 0 Å². The number of hydrogen-bond acceptors (Lipinski definition) is 6. The lowest BCUT2D eigenvalue weighted by molar-refractivity contribution is -0.149. The van der Waals surface area contributed by atoms with Gasteiger partial charge in [0.05, 0.1) is 29.5 Å².